The lowest BCUT2D eigenvalue weighted by Gasteiger charge is -2.15. The van der Waals surface area contributed by atoms with Crippen LogP contribution in [0, 0.1) is 18.6 Å². The second-order valence-electron chi connectivity index (χ2n) is 5.99. The number of rotatable bonds is 6. The highest BCUT2D eigenvalue weighted by atomic mass is 19.1. The molecule has 1 atom stereocenters. The smallest absolute Gasteiger partial charge is 0.244 e. The number of fused-ring (bicyclic) bond motifs is 1. The first-order chi connectivity index (χ1) is 12.0. The van der Waals surface area contributed by atoms with Gasteiger partial charge in [0.2, 0.25) is 5.91 Å². The zero-order valence-corrected chi connectivity index (χ0v) is 14.1. The minimum absolute atomic E-state index is 0.124. The molecule has 7 heteroatoms. The van der Waals surface area contributed by atoms with Gasteiger partial charge < -0.3 is 10.3 Å². The van der Waals surface area contributed by atoms with Gasteiger partial charge in [-0.3, -0.25) is 9.48 Å². The second kappa shape index (κ2) is 7.04. The van der Waals surface area contributed by atoms with Crippen molar-refractivity contribution >= 4 is 16.8 Å². The SMILES string of the molecule is CC[C@H](C(=O)NCCc1c(C)[nH]c2c(F)cc(F)cc12)n1cccn1. The number of aryl methyl sites for hydroxylation is 1. The number of aromatic amines is 1. The monoisotopic (exact) mass is 346 g/mol. The molecule has 0 saturated carbocycles. The highest BCUT2D eigenvalue weighted by Gasteiger charge is 2.19. The number of carbonyl (C=O) groups is 1. The van der Waals surface area contributed by atoms with Crippen molar-refractivity contribution in [1.82, 2.24) is 20.1 Å². The topological polar surface area (TPSA) is 62.7 Å². The molecule has 5 nitrogen and oxygen atoms in total. The lowest BCUT2D eigenvalue weighted by molar-refractivity contribution is -0.124. The van der Waals surface area contributed by atoms with Gasteiger partial charge in [-0.05, 0) is 37.5 Å². The van der Waals surface area contributed by atoms with Crippen LogP contribution in [0.5, 0.6) is 0 Å². The van der Waals surface area contributed by atoms with Crippen molar-refractivity contribution < 1.29 is 13.6 Å². The van der Waals surface area contributed by atoms with Gasteiger partial charge in [0, 0.05) is 36.1 Å². The van der Waals surface area contributed by atoms with Gasteiger partial charge in [0.15, 0.2) is 0 Å². The van der Waals surface area contributed by atoms with Gasteiger partial charge in [-0.1, -0.05) is 6.92 Å². The predicted molar refractivity (Wildman–Crippen MR) is 91.2 cm³/mol. The fraction of sp³-hybridized carbons (Fsp3) is 0.333. The van der Waals surface area contributed by atoms with E-state index < -0.39 is 11.6 Å². The molecule has 0 aliphatic heterocycles. The molecule has 1 aromatic carbocycles. The summed E-state index contributed by atoms with van der Waals surface area (Å²) < 4.78 is 29.0. The number of nitrogens with one attached hydrogen (secondary N) is 2. The average molecular weight is 346 g/mol. The number of H-pyrrole nitrogens is 1. The van der Waals surface area contributed by atoms with Crippen molar-refractivity contribution in [2.75, 3.05) is 6.54 Å². The number of benzene rings is 1. The van der Waals surface area contributed by atoms with Gasteiger partial charge in [0.05, 0.1) is 5.52 Å². The third-order valence-corrected chi connectivity index (χ3v) is 4.35. The minimum atomic E-state index is -0.613. The Hall–Kier alpha value is -2.70. The summed E-state index contributed by atoms with van der Waals surface area (Å²) in [6.45, 7) is 4.11. The van der Waals surface area contributed by atoms with E-state index >= 15 is 0 Å². The van der Waals surface area contributed by atoms with Gasteiger partial charge in [-0.25, -0.2) is 8.78 Å². The lowest BCUT2D eigenvalue weighted by atomic mass is 10.1. The quantitative estimate of drug-likeness (QED) is 0.720. The van der Waals surface area contributed by atoms with Gasteiger partial charge in [0.1, 0.15) is 17.7 Å². The van der Waals surface area contributed by atoms with Crippen molar-refractivity contribution in [1.29, 1.82) is 0 Å². The molecule has 2 N–H and O–H groups in total. The van der Waals surface area contributed by atoms with E-state index in [1.165, 1.54) is 6.07 Å². The highest BCUT2D eigenvalue weighted by molar-refractivity contribution is 5.85. The number of amides is 1. The predicted octanol–water partition coefficient (Wildman–Crippen LogP) is 3.26. The molecular formula is C18H20F2N4O. The van der Waals surface area contributed by atoms with Gasteiger partial charge in [-0.15, -0.1) is 0 Å². The van der Waals surface area contributed by atoms with Crippen LogP contribution >= 0.6 is 0 Å². The summed E-state index contributed by atoms with van der Waals surface area (Å²) in [6, 6.07) is 3.58. The van der Waals surface area contributed by atoms with Crippen LogP contribution in [0.1, 0.15) is 30.6 Å². The van der Waals surface area contributed by atoms with Crippen molar-refractivity contribution in [2.24, 2.45) is 0 Å². The molecule has 0 saturated heterocycles. The normalized spacial score (nSPS) is 12.5. The van der Waals surface area contributed by atoms with E-state index in [4.69, 9.17) is 0 Å². The molecule has 0 bridgehead atoms. The molecule has 1 amide bonds. The number of hydrogen-bond donors (Lipinski definition) is 2. The molecule has 0 unspecified atom stereocenters. The fourth-order valence-corrected chi connectivity index (χ4v) is 3.11. The molecule has 3 rings (SSSR count). The van der Waals surface area contributed by atoms with Crippen LogP contribution < -0.4 is 5.32 Å². The van der Waals surface area contributed by atoms with Crippen molar-refractivity contribution in [2.45, 2.75) is 32.7 Å². The molecule has 2 aromatic heterocycles. The van der Waals surface area contributed by atoms with E-state index in [1.807, 2.05) is 13.8 Å². The summed E-state index contributed by atoms with van der Waals surface area (Å²) in [7, 11) is 0. The van der Waals surface area contributed by atoms with Crippen molar-refractivity contribution in [3.8, 4) is 0 Å². The first kappa shape index (κ1) is 17.1. The van der Waals surface area contributed by atoms with Crippen LogP contribution in [0.2, 0.25) is 0 Å². The highest BCUT2D eigenvalue weighted by Crippen LogP contribution is 2.26. The Bertz CT molecular complexity index is 886. The van der Waals surface area contributed by atoms with E-state index in [-0.39, 0.29) is 11.9 Å². The minimum Gasteiger partial charge on any atom is -0.356 e. The van der Waals surface area contributed by atoms with Gasteiger partial charge in [-0.2, -0.15) is 5.10 Å². The molecule has 0 aliphatic rings. The Kier molecular flexibility index (Phi) is 4.83. The van der Waals surface area contributed by atoms with E-state index in [0.29, 0.717) is 30.3 Å². The molecule has 0 aliphatic carbocycles. The molecule has 0 fully saturated rings. The average Bonchev–Trinajstić information content (AvgIpc) is 3.18. The van der Waals surface area contributed by atoms with E-state index in [1.54, 1.807) is 23.1 Å². The third kappa shape index (κ3) is 3.40. The summed E-state index contributed by atoms with van der Waals surface area (Å²) in [5.74, 6) is -1.35. The first-order valence-electron chi connectivity index (χ1n) is 8.24. The lowest BCUT2D eigenvalue weighted by Crippen LogP contribution is -2.33. The maximum atomic E-state index is 13.8. The molecule has 2 heterocycles. The Morgan fingerprint density at radius 3 is 2.88 bits per heavy atom. The van der Waals surface area contributed by atoms with Crippen LogP contribution in [-0.4, -0.2) is 27.2 Å². The standard InChI is InChI=1S/C18H20F2N4O/c1-3-16(24-8-4-6-22-24)18(25)21-7-5-13-11(2)23-17-14(13)9-12(19)10-15(17)20/h4,6,8-10,16,23H,3,5,7H2,1-2H3,(H,21,25)/t16-/m1/s1. The maximum absolute atomic E-state index is 13.8. The number of carbonyl (C=O) groups excluding carboxylic acids is 1. The molecule has 0 radical (unpaired) electrons. The molecule has 25 heavy (non-hydrogen) atoms. The van der Waals surface area contributed by atoms with Crippen LogP contribution in [0.4, 0.5) is 8.78 Å². The largest absolute Gasteiger partial charge is 0.356 e. The van der Waals surface area contributed by atoms with Gasteiger partial charge in [0.25, 0.3) is 0 Å². The Morgan fingerprint density at radius 1 is 1.40 bits per heavy atom. The second-order valence-corrected chi connectivity index (χ2v) is 5.99. The summed E-state index contributed by atoms with van der Waals surface area (Å²) in [5.41, 5.74) is 1.87. The number of nitrogens with zero attached hydrogens (tertiary/aromatic N) is 2. The summed E-state index contributed by atoms with van der Waals surface area (Å²) in [5, 5.41) is 7.51. The maximum Gasteiger partial charge on any atom is 0.244 e. The Morgan fingerprint density at radius 2 is 2.20 bits per heavy atom. The molecule has 0 spiro atoms. The number of hydrogen-bond acceptors (Lipinski definition) is 2. The molecule has 132 valence electrons. The Labute approximate surface area is 144 Å². The van der Waals surface area contributed by atoms with E-state index in [0.717, 1.165) is 17.3 Å². The van der Waals surface area contributed by atoms with Crippen molar-refractivity contribution in [3.63, 3.8) is 0 Å². The number of halogens is 2. The first-order valence-corrected chi connectivity index (χ1v) is 8.24. The summed E-state index contributed by atoms with van der Waals surface area (Å²) in [6.07, 6.45) is 4.49. The van der Waals surface area contributed by atoms with Crippen LogP contribution in [0.3, 0.4) is 0 Å². The summed E-state index contributed by atoms with van der Waals surface area (Å²) >= 11 is 0. The van der Waals surface area contributed by atoms with Crippen LogP contribution in [0.15, 0.2) is 30.6 Å². The van der Waals surface area contributed by atoms with E-state index in [2.05, 4.69) is 15.4 Å². The summed E-state index contributed by atoms with van der Waals surface area (Å²) in [4.78, 5) is 15.3. The van der Waals surface area contributed by atoms with Crippen LogP contribution in [0.25, 0.3) is 10.9 Å². The van der Waals surface area contributed by atoms with Gasteiger partial charge >= 0.3 is 0 Å². The Balaban J connectivity index is 1.71. The number of aromatic nitrogens is 3. The van der Waals surface area contributed by atoms with Crippen LogP contribution in [-0.2, 0) is 11.2 Å². The molecule has 3 aromatic rings. The molecular weight excluding hydrogens is 326 g/mol. The third-order valence-electron chi connectivity index (χ3n) is 4.35. The fourth-order valence-electron chi connectivity index (χ4n) is 3.11. The zero-order valence-electron chi connectivity index (χ0n) is 14.1. The van der Waals surface area contributed by atoms with E-state index in [9.17, 15) is 13.6 Å². The zero-order chi connectivity index (χ0) is 18.0. The van der Waals surface area contributed by atoms with Crippen molar-refractivity contribution in [3.05, 3.63) is 53.5 Å².